The summed E-state index contributed by atoms with van der Waals surface area (Å²) in [6.07, 6.45) is 0.567. The quantitative estimate of drug-likeness (QED) is 0.663. The van der Waals surface area contributed by atoms with Crippen LogP contribution in [0.3, 0.4) is 0 Å². The van der Waals surface area contributed by atoms with E-state index < -0.39 is 0 Å². The Hall–Kier alpha value is -3.15. The fourth-order valence-corrected chi connectivity index (χ4v) is 2.71. The molecule has 1 aromatic heterocycles. The highest BCUT2D eigenvalue weighted by atomic mass is 16.5. The van der Waals surface area contributed by atoms with E-state index in [1.54, 1.807) is 6.07 Å². The molecular formula is C21H24N4O2. The Morgan fingerprint density at radius 2 is 1.85 bits per heavy atom. The number of aromatic nitrogens is 2. The van der Waals surface area contributed by atoms with Crippen molar-refractivity contribution in [1.29, 1.82) is 0 Å². The smallest absolute Gasteiger partial charge is 0.251 e. The van der Waals surface area contributed by atoms with Gasteiger partial charge in [-0.25, -0.2) is 0 Å². The number of benzene rings is 2. The second-order valence-corrected chi connectivity index (χ2v) is 6.78. The molecule has 1 atom stereocenters. The van der Waals surface area contributed by atoms with Crippen molar-refractivity contribution in [2.45, 2.75) is 39.3 Å². The summed E-state index contributed by atoms with van der Waals surface area (Å²) in [6.45, 7) is 5.95. The van der Waals surface area contributed by atoms with Crippen LogP contribution in [-0.2, 0) is 6.42 Å². The molecule has 6 nitrogen and oxygen atoms in total. The number of carbonyl (C=O) groups is 1. The minimum atomic E-state index is -0.354. The molecule has 0 fully saturated rings. The minimum absolute atomic E-state index is 0.177. The molecule has 0 saturated carbocycles. The van der Waals surface area contributed by atoms with Crippen LogP contribution in [0, 0.1) is 0 Å². The first kappa shape index (κ1) is 18.6. The summed E-state index contributed by atoms with van der Waals surface area (Å²) in [6, 6.07) is 17.3. The number of nitrogens with zero attached hydrogens (tertiary/aromatic N) is 2. The highest BCUT2D eigenvalue weighted by Gasteiger charge is 2.17. The van der Waals surface area contributed by atoms with Crippen LogP contribution in [0.4, 0.5) is 5.69 Å². The molecule has 0 aliphatic rings. The molecule has 0 saturated heterocycles. The standard InChI is InChI=1S/C21H24N4O2/c1-14(2)22-18-11-7-10-17(13-18)21(26)23-15(3)20-24-19(27-25-20)12-16-8-5-4-6-9-16/h4-11,13-15,22H,12H2,1-3H3,(H,23,26). The van der Waals surface area contributed by atoms with Gasteiger partial charge < -0.3 is 15.2 Å². The van der Waals surface area contributed by atoms with Crippen molar-refractivity contribution in [3.05, 3.63) is 77.4 Å². The van der Waals surface area contributed by atoms with Gasteiger partial charge in [0.05, 0.1) is 12.5 Å². The monoisotopic (exact) mass is 364 g/mol. The molecular weight excluding hydrogens is 340 g/mol. The van der Waals surface area contributed by atoms with Crippen LogP contribution < -0.4 is 10.6 Å². The fourth-order valence-electron chi connectivity index (χ4n) is 2.71. The number of hydrogen-bond acceptors (Lipinski definition) is 5. The molecule has 1 amide bonds. The molecule has 0 bridgehead atoms. The summed E-state index contributed by atoms with van der Waals surface area (Å²) in [7, 11) is 0. The second kappa shape index (κ2) is 8.49. The topological polar surface area (TPSA) is 80.0 Å². The highest BCUT2D eigenvalue weighted by Crippen LogP contribution is 2.15. The van der Waals surface area contributed by atoms with Gasteiger partial charge in [0.25, 0.3) is 5.91 Å². The first-order valence-electron chi connectivity index (χ1n) is 9.05. The summed E-state index contributed by atoms with van der Waals surface area (Å²) < 4.78 is 5.32. The van der Waals surface area contributed by atoms with E-state index in [4.69, 9.17) is 4.52 Å². The Labute approximate surface area is 159 Å². The fraction of sp³-hybridized carbons (Fsp3) is 0.286. The summed E-state index contributed by atoms with van der Waals surface area (Å²) in [4.78, 5) is 16.9. The predicted octanol–water partition coefficient (Wildman–Crippen LogP) is 3.97. The number of carbonyl (C=O) groups excluding carboxylic acids is 1. The van der Waals surface area contributed by atoms with Crippen LogP contribution in [0.25, 0.3) is 0 Å². The van der Waals surface area contributed by atoms with Gasteiger partial charge in [-0.3, -0.25) is 4.79 Å². The van der Waals surface area contributed by atoms with Gasteiger partial charge in [-0.05, 0) is 44.5 Å². The number of rotatable bonds is 7. The van der Waals surface area contributed by atoms with E-state index >= 15 is 0 Å². The maximum Gasteiger partial charge on any atom is 0.251 e. The molecule has 1 unspecified atom stereocenters. The van der Waals surface area contributed by atoms with Crippen LogP contribution >= 0.6 is 0 Å². The van der Waals surface area contributed by atoms with E-state index in [0.717, 1.165) is 11.3 Å². The van der Waals surface area contributed by atoms with Gasteiger partial charge in [-0.1, -0.05) is 41.6 Å². The normalized spacial score (nSPS) is 12.0. The molecule has 0 spiro atoms. The molecule has 0 radical (unpaired) electrons. The second-order valence-electron chi connectivity index (χ2n) is 6.78. The molecule has 0 aliphatic heterocycles. The molecule has 2 aromatic carbocycles. The van der Waals surface area contributed by atoms with E-state index in [1.807, 2.05) is 55.5 Å². The van der Waals surface area contributed by atoms with Crippen LogP contribution in [0.5, 0.6) is 0 Å². The number of nitrogens with one attached hydrogen (secondary N) is 2. The summed E-state index contributed by atoms with van der Waals surface area (Å²) >= 11 is 0. The van der Waals surface area contributed by atoms with E-state index in [1.165, 1.54) is 0 Å². The van der Waals surface area contributed by atoms with E-state index in [0.29, 0.717) is 29.7 Å². The highest BCUT2D eigenvalue weighted by molar-refractivity contribution is 5.95. The van der Waals surface area contributed by atoms with E-state index in [9.17, 15) is 4.79 Å². The van der Waals surface area contributed by atoms with Gasteiger partial charge in [0, 0.05) is 17.3 Å². The summed E-state index contributed by atoms with van der Waals surface area (Å²) in [5.74, 6) is 0.815. The Bertz CT molecular complexity index is 890. The average molecular weight is 364 g/mol. The van der Waals surface area contributed by atoms with Crippen molar-refractivity contribution < 1.29 is 9.32 Å². The average Bonchev–Trinajstić information content (AvgIpc) is 3.11. The molecule has 2 N–H and O–H groups in total. The van der Waals surface area contributed by atoms with Gasteiger partial charge in [0.15, 0.2) is 5.82 Å². The summed E-state index contributed by atoms with van der Waals surface area (Å²) in [5, 5.41) is 10.2. The lowest BCUT2D eigenvalue weighted by Crippen LogP contribution is -2.27. The summed E-state index contributed by atoms with van der Waals surface area (Å²) in [5.41, 5.74) is 2.59. The van der Waals surface area contributed by atoms with Crippen LogP contribution in [-0.4, -0.2) is 22.1 Å². The van der Waals surface area contributed by atoms with Gasteiger partial charge in [0.2, 0.25) is 5.89 Å². The van der Waals surface area contributed by atoms with Gasteiger partial charge >= 0.3 is 0 Å². The van der Waals surface area contributed by atoms with Gasteiger partial charge in [-0.2, -0.15) is 4.98 Å². The third kappa shape index (κ3) is 5.17. The maximum atomic E-state index is 12.5. The molecule has 3 aromatic rings. The van der Waals surface area contributed by atoms with Crippen LogP contribution in [0.1, 0.15) is 54.4 Å². The van der Waals surface area contributed by atoms with Crippen molar-refractivity contribution in [1.82, 2.24) is 15.5 Å². The molecule has 140 valence electrons. The van der Waals surface area contributed by atoms with E-state index in [2.05, 4.69) is 34.6 Å². The van der Waals surface area contributed by atoms with Crippen LogP contribution in [0.2, 0.25) is 0 Å². The minimum Gasteiger partial charge on any atom is -0.383 e. The predicted molar refractivity (Wildman–Crippen MR) is 105 cm³/mol. The van der Waals surface area contributed by atoms with Crippen molar-refractivity contribution in [3.63, 3.8) is 0 Å². The van der Waals surface area contributed by atoms with Gasteiger partial charge in [-0.15, -0.1) is 0 Å². The Morgan fingerprint density at radius 1 is 1.07 bits per heavy atom. The zero-order valence-corrected chi connectivity index (χ0v) is 15.8. The lowest BCUT2D eigenvalue weighted by atomic mass is 10.1. The number of hydrogen-bond donors (Lipinski definition) is 2. The Balaban J connectivity index is 1.63. The maximum absolute atomic E-state index is 12.5. The molecule has 3 rings (SSSR count). The number of amides is 1. The lowest BCUT2D eigenvalue weighted by Gasteiger charge is -2.13. The zero-order chi connectivity index (χ0) is 19.2. The van der Waals surface area contributed by atoms with E-state index in [-0.39, 0.29) is 11.9 Å². The first-order chi connectivity index (χ1) is 13.0. The Morgan fingerprint density at radius 3 is 2.59 bits per heavy atom. The van der Waals surface area contributed by atoms with Crippen molar-refractivity contribution in [2.24, 2.45) is 0 Å². The number of anilines is 1. The van der Waals surface area contributed by atoms with Gasteiger partial charge in [0.1, 0.15) is 0 Å². The zero-order valence-electron chi connectivity index (χ0n) is 15.8. The third-order valence-corrected chi connectivity index (χ3v) is 4.00. The third-order valence-electron chi connectivity index (χ3n) is 4.00. The molecule has 27 heavy (non-hydrogen) atoms. The first-order valence-corrected chi connectivity index (χ1v) is 9.05. The Kier molecular flexibility index (Phi) is 5.86. The molecule has 0 aliphatic carbocycles. The van der Waals surface area contributed by atoms with Crippen molar-refractivity contribution in [2.75, 3.05) is 5.32 Å². The SMILES string of the molecule is CC(C)Nc1cccc(C(=O)NC(C)c2noc(Cc3ccccc3)n2)c1. The largest absolute Gasteiger partial charge is 0.383 e. The van der Waals surface area contributed by atoms with Crippen molar-refractivity contribution >= 4 is 11.6 Å². The van der Waals surface area contributed by atoms with Crippen molar-refractivity contribution in [3.8, 4) is 0 Å². The lowest BCUT2D eigenvalue weighted by molar-refractivity contribution is 0.0938. The molecule has 6 heteroatoms. The van der Waals surface area contributed by atoms with Crippen LogP contribution in [0.15, 0.2) is 59.1 Å². The molecule has 1 heterocycles.